The first-order valence-electron chi connectivity index (χ1n) is 23.0. The Kier molecular flexibility index (Phi) is 10.2. The van der Waals surface area contributed by atoms with Crippen LogP contribution in [0.25, 0.3) is 65.3 Å². The number of benzene rings is 10. The van der Waals surface area contributed by atoms with E-state index in [9.17, 15) is 9.59 Å². The fourth-order valence-corrected chi connectivity index (χ4v) is 10.4. The number of aldehydes is 2. The van der Waals surface area contributed by atoms with Gasteiger partial charge in [0.1, 0.15) is 0 Å². The predicted octanol–water partition coefficient (Wildman–Crippen LogP) is 13.8. The van der Waals surface area contributed by atoms with Crippen molar-refractivity contribution in [1.29, 1.82) is 0 Å². The molecule has 2 aliphatic rings. The molecule has 320 valence electrons. The smallest absolute Gasteiger partial charge is 0.159 e. The molecule has 4 nitrogen and oxygen atoms in total. The van der Waals surface area contributed by atoms with Crippen molar-refractivity contribution >= 4 is 67.0 Å². The van der Waals surface area contributed by atoms with Crippen molar-refractivity contribution < 1.29 is 9.59 Å². The van der Waals surface area contributed by atoms with E-state index in [0.29, 0.717) is 12.6 Å². The minimum absolute atomic E-state index is 0.0512. The van der Waals surface area contributed by atoms with E-state index in [1.54, 1.807) is 0 Å². The van der Waals surface area contributed by atoms with Gasteiger partial charge in [0.05, 0.1) is 11.1 Å². The molecule has 2 aliphatic heterocycles. The number of allylic oxidation sites excluding steroid dienone is 2. The third-order valence-corrected chi connectivity index (χ3v) is 13.7. The minimum atomic E-state index is 0.0512. The summed E-state index contributed by atoms with van der Waals surface area (Å²) in [4.78, 5) is 29.5. The zero-order valence-electron chi connectivity index (χ0n) is 37.2. The van der Waals surface area contributed by atoms with E-state index in [1.807, 2.05) is 24.3 Å². The third-order valence-electron chi connectivity index (χ3n) is 13.7. The van der Waals surface area contributed by atoms with Crippen LogP contribution in [0, 0.1) is 23.7 Å². The molecule has 0 bridgehead atoms. The lowest BCUT2D eigenvalue weighted by molar-refractivity contribution is -0.106. The van der Waals surface area contributed by atoms with Gasteiger partial charge < -0.3 is 9.80 Å². The Morgan fingerprint density at radius 2 is 0.618 bits per heavy atom. The SMILES string of the molecule is O=C/C(C#Cc1ccc(N2Cc3ccc4ccccc4c3-c3c(ccc4ccccc34)C2)cc1)=C(\C#Cc1ccc(N2Cc3ccc4ccccc4c3-c3c(ccc4ccccc34)C2)cc1)C=O. The molecule has 0 atom stereocenters. The lowest BCUT2D eigenvalue weighted by Gasteiger charge is -2.24. The molecule has 0 radical (unpaired) electrons. The highest BCUT2D eigenvalue weighted by Crippen LogP contribution is 2.45. The summed E-state index contributed by atoms with van der Waals surface area (Å²) in [5, 5.41) is 9.96. The Morgan fingerprint density at radius 3 is 0.897 bits per heavy atom. The van der Waals surface area contributed by atoms with E-state index in [4.69, 9.17) is 0 Å². The molecule has 10 aromatic rings. The second-order valence-electron chi connectivity index (χ2n) is 17.7. The lowest BCUT2D eigenvalue weighted by Crippen LogP contribution is -2.20. The molecule has 0 aliphatic carbocycles. The van der Waals surface area contributed by atoms with Crippen LogP contribution in [0.4, 0.5) is 11.4 Å². The topological polar surface area (TPSA) is 40.6 Å². The fourth-order valence-electron chi connectivity index (χ4n) is 10.4. The number of carbonyl (C=O) groups excluding carboxylic acids is 2. The van der Waals surface area contributed by atoms with Crippen molar-refractivity contribution in [3.05, 3.63) is 239 Å². The van der Waals surface area contributed by atoms with Crippen molar-refractivity contribution in [2.75, 3.05) is 9.80 Å². The van der Waals surface area contributed by atoms with Crippen molar-refractivity contribution in [2.45, 2.75) is 26.2 Å². The number of fused-ring (bicyclic) bond motifs is 14. The molecule has 0 aromatic heterocycles. The van der Waals surface area contributed by atoms with E-state index < -0.39 is 0 Å². The summed E-state index contributed by atoms with van der Waals surface area (Å²) in [5.74, 6) is 12.1. The van der Waals surface area contributed by atoms with Crippen LogP contribution >= 0.6 is 0 Å². The van der Waals surface area contributed by atoms with Gasteiger partial charge in [-0.3, -0.25) is 9.59 Å². The quantitative estimate of drug-likeness (QED) is 0.100. The molecule has 0 saturated carbocycles. The summed E-state index contributed by atoms with van der Waals surface area (Å²) < 4.78 is 0. The highest BCUT2D eigenvalue weighted by atomic mass is 16.1. The van der Waals surface area contributed by atoms with E-state index in [-0.39, 0.29) is 11.1 Å². The average Bonchev–Trinajstić information content (AvgIpc) is 3.69. The number of anilines is 2. The van der Waals surface area contributed by atoms with Crippen molar-refractivity contribution in [2.24, 2.45) is 0 Å². The predicted molar refractivity (Wildman–Crippen MR) is 279 cm³/mol. The Labute approximate surface area is 395 Å². The molecule has 0 N–H and O–H groups in total. The van der Waals surface area contributed by atoms with Gasteiger partial charge in [-0.1, -0.05) is 169 Å². The third kappa shape index (κ3) is 7.26. The minimum Gasteiger partial charge on any atom is -0.363 e. The van der Waals surface area contributed by atoms with Crippen LogP contribution in [0.3, 0.4) is 0 Å². The zero-order valence-corrected chi connectivity index (χ0v) is 37.2. The van der Waals surface area contributed by atoms with Crippen LogP contribution in [-0.2, 0) is 35.8 Å². The molecule has 0 unspecified atom stereocenters. The second kappa shape index (κ2) is 17.1. The molecule has 4 heteroatoms. The van der Waals surface area contributed by atoms with Gasteiger partial charge in [0, 0.05) is 48.7 Å². The highest BCUT2D eigenvalue weighted by Gasteiger charge is 2.25. The zero-order chi connectivity index (χ0) is 45.6. The largest absolute Gasteiger partial charge is 0.363 e. The van der Waals surface area contributed by atoms with Crippen LogP contribution in [0.5, 0.6) is 0 Å². The summed E-state index contributed by atoms with van der Waals surface area (Å²) >= 11 is 0. The van der Waals surface area contributed by atoms with Gasteiger partial charge in [-0.2, -0.15) is 0 Å². The van der Waals surface area contributed by atoms with Gasteiger partial charge in [-0.05, 0) is 136 Å². The van der Waals surface area contributed by atoms with Gasteiger partial charge >= 0.3 is 0 Å². The van der Waals surface area contributed by atoms with E-state index >= 15 is 0 Å². The van der Waals surface area contributed by atoms with Crippen LogP contribution in [-0.4, -0.2) is 12.6 Å². The summed E-state index contributed by atoms with van der Waals surface area (Å²) in [5.41, 5.74) is 14.0. The van der Waals surface area contributed by atoms with Gasteiger partial charge in [0.15, 0.2) is 12.6 Å². The maximum Gasteiger partial charge on any atom is 0.159 e. The van der Waals surface area contributed by atoms with Crippen LogP contribution in [0.1, 0.15) is 33.4 Å². The van der Waals surface area contributed by atoms with Crippen LogP contribution in [0.2, 0.25) is 0 Å². The number of nitrogens with zero attached hydrogens (tertiary/aromatic N) is 2. The second-order valence-corrected chi connectivity index (χ2v) is 17.7. The lowest BCUT2D eigenvalue weighted by atomic mass is 9.88. The number of hydrogen-bond donors (Lipinski definition) is 0. The average molecular weight is 871 g/mol. The molecule has 10 aromatic carbocycles. The number of rotatable bonds is 4. The molecule has 0 fully saturated rings. The summed E-state index contributed by atoms with van der Waals surface area (Å²) in [6.45, 7) is 2.97. The van der Waals surface area contributed by atoms with Gasteiger partial charge in [0.2, 0.25) is 0 Å². The van der Waals surface area contributed by atoms with Crippen LogP contribution in [0.15, 0.2) is 205 Å². The monoisotopic (exact) mass is 870 g/mol. The van der Waals surface area contributed by atoms with Crippen molar-refractivity contribution in [1.82, 2.24) is 0 Å². The van der Waals surface area contributed by atoms with Gasteiger partial charge in [0.25, 0.3) is 0 Å². The highest BCUT2D eigenvalue weighted by molar-refractivity contribution is 6.10. The molecule has 12 rings (SSSR count). The van der Waals surface area contributed by atoms with E-state index in [0.717, 1.165) is 48.7 Å². The number of hydrogen-bond acceptors (Lipinski definition) is 4. The Balaban J connectivity index is 0.803. The Hall–Kier alpha value is -8.96. The molecule has 2 heterocycles. The van der Waals surface area contributed by atoms with Crippen molar-refractivity contribution in [3.8, 4) is 45.9 Å². The molecule has 68 heavy (non-hydrogen) atoms. The molecule has 0 saturated heterocycles. The molecular weight excluding hydrogens is 829 g/mol. The molecule has 0 amide bonds. The maximum absolute atomic E-state index is 12.4. The normalized spacial score (nSPS) is 13.1. The maximum atomic E-state index is 12.4. The molecular formula is C64H42N2O2. The van der Waals surface area contributed by atoms with Crippen molar-refractivity contribution in [3.63, 3.8) is 0 Å². The first kappa shape index (κ1) is 40.5. The Morgan fingerprint density at radius 1 is 0.338 bits per heavy atom. The van der Waals surface area contributed by atoms with Gasteiger partial charge in [-0.25, -0.2) is 0 Å². The summed E-state index contributed by atoms with van der Waals surface area (Å²) in [7, 11) is 0. The van der Waals surface area contributed by atoms with E-state index in [1.165, 1.54) is 87.6 Å². The fraction of sp³-hybridized carbons (Fsp3) is 0.0625. The van der Waals surface area contributed by atoms with E-state index in [2.05, 4.69) is 203 Å². The summed E-state index contributed by atoms with van der Waals surface area (Å²) in [6, 6.07) is 68.8. The first-order valence-corrected chi connectivity index (χ1v) is 23.0. The van der Waals surface area contributed by atoms with Gasteiger partial charge in [-0.15, -0.1) is 0 Å². The molecule has 0 spiro atoms. The standard InChI is InChI=1S/C64H42N2O2/c67-41-53(23-17-43-19-33-55(34-20-43)65-37-49-29-25-45-9-1-5-13-57(45)61(49)62-50(38-65)30-26-46-10-2-6-14-58(46)62)54(42-68)24-18-44-21-35-56(36-22-44)66-39-51-31-27-47-11-3-7-15-59(47)63(51)64-52(40-66)32-28-48-12-4-8-16-60(48)64/h1-16,19-22,25-36,41-42H,37-40H2/b54-53+. The summed E-state index contributed by atoms with van der Waals surface area (Å²) in [6.07, 6.45) is 1.23. The van der Waals surface area contributed by atoms with Crippen LogP contribution < -0.4 is 9.80 Å². The Bertz CT molecular complexity index is 3430. The first-order chi connectivity index (χ1) is 33.6. The number of carbonyl (C=O) groups is 2.